The second kappa shape index (κ2) is 4.69. The maximum Gasteiger partial charge on any atom is 0.115 e. The summed E-state index contributed by atoms with van der Waals surface area (Å²) in [4.78, 5) is 0. The predicted molar refractivity (Wildman–Crippen MR) is 65.2 cm³/mol. The van der Waals surface area contributed by atoms with Crippen LogP contribution in [0, 0.1) is 5.92 Å². The van der Waals surface area contributed by atoms with Crippen LogP contribution in [-0.2, 0) is 5.41 Å². The van der Waals surface area contributed by atoms with E-state index >= 15 is 0 Å². The summed E-state index contributed by atoms with van der Waals surface area (Å²) in [6.07, 6.45) is 2.41. The van der Waals surface area contributed by atoms with Gasteiger partial charge in [-0.25, -0.2) is 0 Å². The van der Waals surface area contributed by atoms with Gasteiger partial charge in [0.1, 0.15) is 5.75 Å². The van der Waals surface area contributed by atoms with Gasteiger partial charge in [0.25, 0.3) is 0 Å². The fourth-order valence-electron chi connectivity index (χ4n) is 2.05. The summed E-state index contributed by atoms with van der Waals surface area (Å²) in [5.41, 5.74) is 1.50. The van der Waals surface area contributed by atoms with Gasteiger partial charge in [-0.05, 0) is 35.4 Å². The lowest BCUT2D eigenvalue weighted by Crippen LogP contribution is -2.20. The molecule has 1 aromatic carbocycles. The molecule has 0 fully saturated rings. The summed E-state index contributed by atoms with van der Waals surface area (Å²) in [6, 6.07) is 7.59. The van der Waals surface area contributed by atoms with Crippen LogP contribution in [0.2, 0.25) is 0 Å². The summed E-state index contributed by atoms with van der Waals surface area (Å²) in [5.74, 6) is 1.09. The molecule has 1 heteroatoms. The quantitative estimate of drug-likeness (QED) is 0.786. The van der Waals surface area contributed by atoms with Gasteiger partial charge in [0.2, 0.25) is 0 Å². The maximum absolute atomic E-state index is 9.25. The van der Waals surface area contributed by atoms with Crippen molar-refractivity contribution in [2.24, 2.45) is 5.92 Å². The van der Waals surface area contributed by atoms with E-state index in [-0.39, 0.29) is 5.41 Å². The summed E-state index contributed by atoms with van der Waals surface area (Å²) in [7, 11) is 0. The SMILES string of the molecule is CC[C@@H](C)CC(C)(C)c1ccc(O)cc1. The van der Waals surface area contributed by atoms with Crippen molar-refractivity contribution in [2.75, 3.05) is 0 Å². The zero-order chi connectivity index (χ0) is 11.5. The Morgan fingerprint density at radius 3 is 2.20 bits per heavy atom. The molecule has 0 aliphatic carbocycles. The van der Waals surface area contributed by atoms with Crippen molar-refractivity contribution >= 4 is 0 Å². The summed E-state index contributed by atoms with van der Waals surface area (Å²) in [6.45, 7) is 9.07. The third-order valence-electron chi connectivity index (χ3n) is 3.20. The third-order valence-corrected chi connectivity index (χ3v) is 3.20. The molecule has 0 aromatic heterocycles. The predicted octanol–water partition coefficient (Wildman–Crippen LogP) is 4.11. The molecule has 1 N–H and O–H groups in total. The molecular weight excluding hydrogens is 184 g/mol. The summed E-state index contributed by atoms with van der Waals surface area (Å²) < 4.78 is 0. The molecule has 0 aliphatic rings. The molecule has 0 bridgehead atoms. The minimum absolute atomic E-state index is 0.198. The van der Waals surface area contributed by atoms with Crippen molar-refractivity contribution < 1.29 is 5.11 Å². The average Bonchev–Trinajstić information content (AvgIpc) is 2.17. The van der Waals surface area contributed by atoms with E-state index in [0.29, 0.717) is 5.75 Å². The first-order chi connectivity index (χ1) is 6.95. The highest BCUT2D eigenvalue weighted by atomic mass is 16.3. The monoisotopic (exact) mass is 206 g/mol. The highest BCUT2D eigenvalue weighted by Crippen LogP contribution is 2.32. The van der Waals surface area contributed by atoms with Gasteiger partial charge >= 0.3 is 0 Å². The third kappa shape index (κ3) is 3.26. The highest BCUT2D eigenvalue weighted by molar-refractivity contribution is 5.30. The number of rotatable bonds is 4. The molecule has 1 nitrogen and oxygen atoms in total. The standard InChI is InChI=1S/C14H22O/c1-5-11(2)10-14(3,4)12-6-8-13(15)9-7-12/h6-9,11,15H,5,10H2,1-4H3/t11-/m1/s1. The van der Waals surface area contributed by atoms with Crippen LogP contribution in [0.4, 0.5) is 0 Å². The van der Waals surface area contributed by atoms with Crippen molar-refractivity contribution in [2.45, 2.75) is 46.0 Å². The van der Waals surface area contributed by atoms with E-state index in [1.807, 2.05) is 12.1 Å². The molecule has 84 valence electrons. The van der Waals surface area contributed by atoms with Gasteiger partial charge in [-0.1, -0.05) is 46.2 Å². The Kier molecular flexibility index (Phi) is 3.78. The van der Waals surface area contributed by atoms with Gasteiger partial charge in [0.15, 0.2) is 0 Å². The molecule has 0 unspecified atom stereocenters. The van der Waals surface area contributed by atoms with Crippen LogP contribution in [0.25, 0.3) is 0 Å². The van der Waals surface area contributed by atoms with Crippen molar-refractivity contribution in [3.05, 3.63) is 29.8 Å². The Morgan fingerprint density at radius 1 is 1.20 bits per heavy atom. The molecule has 1 atom stereocenters. The van der Waals surface area contributed by atoms with Gasteiger partial charge in [-0.15, -0.1) is 0 Å². The van der Waals surface area contributed by atoms with Gasteiger partial charge in [-0.2, -0.15) is 0 Å². The lowest BCUT2D eigenvalue weighted by Gasteiger charge is -2.28. The molecule has 1 rings (SSSR count). The molecule has 0 radical (unpaired) electrons. The molecule has 0 amide bonds. The van der Waals surface area contributed by atoms with Gasteiger partial charge < -0.3 is 5.11 Å². The van der Waals surface area contributed by atoms with Crippen molar-refractivity contribution in [3.8, 4) is 5.75 Å². The first kappa shape index (κ1) is 12.1. The Bertz CT molecular complexity index is 298. The van der Waals surface area contributed by atoms with Crippen LogP contribution in [0.15, 0.2) is 24.3 Å². The fourth-order valence-corrected chi connectivity index (χ4v) is 2.05. The molecule has 0 saturated heterocycles. The number of phenols is 1. The van der Waals surface area contributed by atoms with Crippen LogP contribution in [0.3, 0.4) is 0 Å². The van der Waals surface area contributed by atoms with Gasteiger partial charge in [0, 0.05) is 0 Å². The van der Waals surface area contributed by atoms with E-state index in [9.17, 15) is 5.11 Å². The van der Waals surface area contributed by atoms with Crippen LogP contribution in [0.1, 0.15) is 46.1 Å². The zero-order valence-electron chi connectivity index (χ0n) is 10.2. The van der Waals surface area contributed by atoms with Crippen LogP contribution in [0.5, 0.6) is 5.75 Å². The molecule has 0 heterocycles. The number of benzene rings is 1. The van der Waals surface area contributed by atoms with Gasteiger partial charge in [-0.3, -0.25) is 0 Å². The molecule has 1 aromatic rings. The number of aromatic hydroxyl groups is 1. The van der Waals surface area contributed by atoms with E-state index in [2.05, 4.69) is 27.7 Å². The van der Waals surface area contributed by atoms with Crippen molar-refractivity contribution in [1.82, 2.24) is 0 Å². The van der Waals surface area contributed by atoms with E-state index < -0.39 is 0 Å². The van der Waals surface area contributed by atoms with Crippen LogP contribution in [-0.4, -0.2) is 5.11 Å². The van der Waals surface area contributed by atoms with Crippen LogP contribution >= 0.6 is 0 Å². The summed E-state index contributed by atoms with van der Waals surface area (Å²) in [5, 5.41) is 9.25. The lowest BCUT2D eigenvalue weighted by molar-refractivity contribution is 0.372. The molecule has 15 heavy (non-hydrogen) atoms. The van der Waals surface area contributed by atoms with E-state index in [1.165, 1.54) is 18.4 Å². The summed E-state index contributed by atoms with van der Waals surface area (Å²) >= 11 is 0. The van der Waals surface area contributed by atoms with Crippen LogP contribution < -0.4 is 0 Å². The topological polar surface area (TPSA) is 20.2 Å². The second-order valence-corrected chi connectivity index (χ2v) is 5.15. The molecular formula is C14H22O. The van der Waals surface area contributed by atoms with Crippen molar-refractivity contribution in [3.63, 3.8) is 0 Å². The van der Waals surface area contributed by atoms with E-state index in [1.54, 1.807) is 12.1 Å². The number of phenolic OH excluding ortho intramolecular Hbond substituents is 1. The minimum Gasteiger partial charge on any atom is -0.508 e. The highest BCUT2D eigenvalue weighted by Gasteiger charge is 2.22. The Morgan fingerprint density at radius 2 is 1.73 bits per heavy atom. The first-order valence-corrected chi connectivity index (χ1v) is 5.75. The molecule has 0 saturated carbocycles. The van der Waals surface area contributed by atoms with E-state index in [4.69, 9.17) is 0 Å². The Labute approximate surface area is 93.1 Å². The first-order valence-electron chi connectivity index (χ1n) is 5.75. The fraction of sp³-hybridized carbons (Fsp3) is 0.571. The van der Waals surface area contributed by atoms with Gasteiger partial charge in [0.05, 0.1) is 0 Å². The van der Waals surface area contributed by atoms with E-state index in [0.717, 1.165) is 5.92 Å². The Hall–Kier alpha value is -0.980. The normalized spacial score (nSPS) is 13.9. The number of hydrogen-bond donors (Lipinski definition) is 1. The zero-order valence-corrected chi connectivity index (χ0v) is 10.2. The molecule has 0 spiro atoms. The average molecular weight is 206 g/mol. The minimum atomic E-state index is 0.198. The Balaban J connectivity index is 2.80. The molecule has 0 aliphatic heterocycles. The smallest absolute Gasteiger partial charge is 0.115 e. The maximum atomic E-state index is 9.25. The second-order valence-electron chi connectivity index (χ2n) is 5.15. The largest absolute Gasteiger partial charge is 0.508 e. The number of hydrogen-bond acceptors (Lipinski definition) is 1. The van der Waals surface area contributed by atoms with Crippen molar-refractivity contribution in [1.29, 1.82) is 0 Å². The lowest BCUT2D eigenvalue weighted by atomic mass is 9.77.